The second-order valence-electron chi connectivity index (χ2n) is 5.72. The van der Waals surface area contributed by atoms with Crippen molar-refractivity contribution < 1.29 is 5.11 Å². The van der Waals surface area contributed by atoms with Gasteiger partial charge in [0.2, 0.25) is 0 Å². The van der Waals surface area contributed by atoms with Crippen molar-refractivity contribution in [1.29, 1.82) is 0 Å². The Morgan fingerprint density at radius 2 is 1.87 bits per heavy atom. The van der Waals surface area contributed by atoms with Gasteiger partial charge in [-0.25, -0.2) is 4.79 Å². The number of nitrogens with zero attached hydrogens (tertiary/aromatic N) is 2. The third-order valence-electron chi connectivity index (χ3n) is 3.81. The van der Waals surface area contributed by atoms with Crippen LogP contribution < -0.4 is 5.69 Å². The Morgan fingerprint density at radius 1 is 1.17 bits per heavy atom. The van der Waals surface area contributed by atoms with Crippen LogP contribution >= 0.6 is 11.6 Å². The first kappa shape index (κ1) is 15.7. The van der Waals surface area contributed by atoms with E-state index < -0.39 is 0 Å². The summed E-state index contributed by atoms with van der Waals surface area (Å²) in [7, 11) is 0. The molecular formula is C18H17ClN2O2. The molecule has 0 spiro atoms. The van der Waals surface area contributed by atoms with Crippen LogP contribution in [0.4, 0.5) is 0 Å². The molecule has 5 heteroatoms. The molecule has 3 aromatic rings. The number of aliphatic hydroxyl groups is 1. The summed E-state index contributed by atoms with van der Waals surface area (Å²) >= 11 is 5.94. The SMILES string of the molecule is CC(C)n1c(=O)nc(-c2ccc(Cl)cc2)c2ccc(CO)cc21. The van der Waals surface area contributed by atoms with E-state index in [1.54, 1.807) is 16.7 Å². The average molecular weight is 329 g/mol. The number of hydrogen-bond donors (Lipinski definition) is 1. The van der Waals surface area contributed by atoms with E-state index in [1.807, 2.05) is 44.2 Å². The maximum absolute atomic E-state index is 12.5. The van der Waals surface area contributed by atoms with Gasteiger partial charge in [-0.2, -0.15) is 4.98 Å². The highest BCUT2D eigenvalue weighted by atomic mass is 35.5. The van der Waals surface area contributed by atoms with E-state index in [9.17, 15) is 9.90 Å². The number of hydrogen-bond acceptors (Lipinski definition) is 3. The number of aliphatic hydroxyl groups excluding tert-OH is 1. The number of fused-ring (bicyclic) bond motifs is 1. The van der Waals surface area contributed by atoms with E-state index in [0.29, 0.717) is 10.7 Å². The lowest BCUT2D eigenvalue weighted by molar-refractivity contribution is 0.282. The highest BCUT2D eigenvalue weighted by molar-refractivity contribution is 6.30. The summed E-state index contributed by atoms with van der Waals surface area (Å²) in [5.74, 6) is 0. The molecule has 4 nitrogen and oxygen atoms in total. The van der Waals surface area contributed by atoms with E-state index in [-0.39, 0.29) is 18.3 Å². The number of halogens is 1. The first-order valence-corrected chi connectivity index (χ1v) is 7.81. The van der Waals surface area contributed by atoms with E-state index in [2.05, 4.69) is 4.98 Å². The van der Waals surface area contributed by atoms with Crippen molar-refractivity contribution in [1.82, 2.24) is 9.55 Å². The van der Waals surface area contributed by atoms with E-state index in [1.165, 1.54) is 0 Å². The van der Waals surface area contributed by atoms with Crippen molar-refractivity contribution >= 4 is 22.5 Å². The third-order valence-corrected chi connectivity index (χ3v) is 4.06. The standard InChI is InChI=1S/C18H17ClN2O2/c1-11(2)21-16-9-12(10-22)3-8-15(16)17(20-18(21)23)13-4-6-14(19)7-5-13/h3-9,11,22H,10H2,1-2H3. The van der Waals surface area contributed by atoms with Gasteiger partial charge in [-0.05, 0) is 37.6 Å². The van der Waals surface area contributed by atoms with Crippen molar-refractivity contribution in [2.45, 2.75) is 26.5 Å². The van der Waals surface area contributed by atoms with E-state index in [4.69, 9.17) is 11.6 Å². The summed E-state index contributed by atoms with van der Waals surface area (Å²) < 4.78 is 1.65. The predicted molar refractivity (Wildman–Crippen MR) is 92.8 cm³/mol. The topological polar surface area (TPSA) is 55.1 Å². The van der Waals surface area contributed by atoms with Gasteiger partial charge >= 0.3 is 5.69 Å². The predicted octanol–water partition coefficient (Wildman–Crippen LogP) is 3.79. The zero-order valence-electron chi connectivity index (χ0n) is 13.0. The third kappa shape index (κ3) is 2.87. The van der Waals surface area contributed by atoms with Crippen LogP contribution in [0.5, 0.6) is 0 Å². The fourth-order valence-electron chi connectivity index (χ4n) is 2.71. The molecule has 0 aliphatic heterocycles. The van der Waals surface area contributed by atoms with Crippen LogP contribution in [0.3, 0.4) is 0 Å². The molecular weight excluding hydrogens is 312 g/mol. The summed E-state index contributed by atoms with van der Waals surface area (Å²) in [6.45, 7) is 3.81. The van der Waals surface area contributed by atoms with Crippen LogP contribution in [0.1, 0.15) is 25.5 Å². The lowest BCUT2D eigenvalue weighted by Crippen LogP contribution is -2.25. The molecule has 0 unspecified atom stereocenters. The average Bonchev–Trinajstić information content (AvgIpc) is 2.53. The maximum atomic E-state index is 12.5. The zero-order valence-corrected chi connectivity index (χ0v) is 13.7. The summed E-state index contributed by atoms with van der Waals surface area (Å²) in [4.78, 5) is 16.8. The van der Waals surface area contributed by atoms with Crippen LogP contribution in [0.15, 0.2) is 47.3 Å². The van der Waals surface area contributed by atoms with Crippen molar-refractivity contribution in [2.75, 3.05) is 0 Å². The minimum atomic E-state index is -0.299. The Balaban J connectivity index is 2.38. The Kier molecular flexibility index (Phi) is 4.20. The van der Waals surface area contributed by atoms with Crippen molar-refractivity contribution in [3.63, 3.8) is 0 Å². The minimum absolute atomic E-state index is 0.0225. The first-order chi connectivity index (χ1) is 11.0. The molecule has 23 heavy (non-hydrogen) atoms. The van der Waals surface area contributed by atoms with Crippen molar-refractivity contribution in [3.05, 3.63) is 63.5 Å². The lowest BCUT2D eigenvalue weighted by atomic mass is 10.0. The quantitative estimate of drug-likeness (QED) is 0.795. The molecule has 3 rings (SSSR count). The molecule has 1 aromatic heterocycles. The Bertz CT molecular complexity index is 915. The second kappa shape index (κ2) is 6.14. The smallest absolute Gasteiger partial charge is 0.348 e. The van der Waals surface area contributed by atoms with Crippen LogP contribution in [-0.2, 0) is 6.61 Å². The fraction of sp³-hybridized carbons (Fsp3) is 0.222. The number of rotatable bonds is 3. The highest BCUT2D eigenvalue weighted by Gasteiger charge is 2.14. The van der Waals surface area contributed by atoms with E-state index in [0.717, 1.165) is 22.0 Å². The molecule has 0 saturated heterocycles. The monoisotopic (exact) mass is 328 g/mol. The first-order valence-electron chi connectivity index (χ1n) is 7.43. The van der Waals surface area contributed by atoms with Crippen LogP contribution in [0.25, 0.3) is 22.2 Å². The number of aromatic nitrogens is 2. The molecule has 118 valence electrons. The summed E-state index contributed by atoms with van der Waals surface area (Å²) in [6, 6.07) is 12.8. The van der Waals surface area contributed by atoms with Gasteiger partial charge in [-0.15, -0.1) is 0 Å². The van der Waals surface area contributed by atoms with Gasteiger partial charge in [0.25, 0.3) is 0 Å². The largest absolute Gasteiger partial charge is 0.392 e. The zero-order chi connectivity index (χ0) is 16.6. The molecule has 0 saturated carbocycles. The lowest BCUT2D eigenvalue weighted by Gasteiger charge is -2.16. The van der Waals surface area contributed by atoms with E-state index >= 15 is 0 Å². The highest BCUT2D eigenvalue weighted by Crippen LogP contribution is 2.28. The number of benzene rings is 2. The molecule has 0 aliphatic carbocycles. The molecule has 0 fully saturated rings. The molecule has 1 N–H and O–H groups in total. The molecule has 0 amide bonds. The van der Waals surface area contributed by atoms with Gasteiger partial charge in [0.1, 0.15) is 0 Å². The normalized spacial score (nSPS) is 11.3. The Hall–Kier alpha value is -2.17. The van der Waals surface area contributed by atoms with Gasteiger partial charge in [-0.1, -0.05) is 35.9 Å². The summed E-state index contributed by atoms with van der Waals surface area (Å²) in [6.07, 6.45) is 0. The summed E-state index contributed by atoms with van der Waals surface area (Å²) in [5, 5.41) is 10.9. The van der Waals surface area contributed by atoms with Crippen LogP contribution in [0, 0.1) is 0 Å². The Morgan fingerprint density at radius 3 is 2.48 bits per heavy atom. The second-order valence-corrected chi connectivity index (χ2v) is 6.16. The molecule has 0 aliphatic rings. The molecule has 2 aromatic carbocycles. The van der Waals surface area contributed by atoms with Crippen LogP contribution in [-0.4, -0.2) is 14.7 Å². The summed E-state index contributed by atoms with van der Waals surface area (Å²) in [5.41, 5.74) is 2.70. The minimum Gasteiger partial charge on any atom is -0.392 e. The molecule has 0 radical (unpaired) electrons. The van der Waals surface area contributed by atoms with Gasteiger partial charge in [0.15, 0.2) is 0 Å². The molecule has 1 heterocycles. The van der Waals surface area contributed by atoms with Gasteiger partial charge in [0.05, 0.1) is 17.8 Å². The van der Waals surface area contributed by atoms with Gasteiger partial charge in [0, 0.05) is 22.0 Å². The fourth-order valence-corrected chi connectivity index (χ4v) is 2.84. The van der Waals surface area contributed by atoms with Gasteiger partial charge < -0.3 is 5.11 Å². The van der Waals surface area contributed by atoms with Crippen molar-refractivity contribution in [2.24, 2.45) is 0 Å². The maximum Gasteiger partial charge on any atom is 0.348 e. The molecule has 0 atom stereocenters. The van der Waals surface area contributed by atoms with Crippen LogP contribution in [0.2, 0.25) is 5.02 Å². The van der Waals surface area contributed by atoms with Gasteiger partial charge in [-0.3, -0.25) is 4.57 Å². The van der Waals surface area contributed by atoms with Crippen molar-refractivity contribution in [3.8, 4) is 11.3 Å². The Labute approximate surface area is 139 Å². The molecule has 0 bridgehead atoms.